The fraction of sp³-hybridized carbons (Fsp3) is 0.519. The van der Waals surface area contributed by atoms with Gasteiger partial charge in [-0.1, -0.05) is 93.6 Å². The van der Waals surface area contributed by atoms with Crippen LogP contribution in [-0.2, 0) is 69.5 Å². The Bertz CT molecular complexity index is 2420. The van der Waals surface area contributed by atoms with Gasteiger partial charge in [0.15, 0.2) is 11.6 Å². The molecule has 1 saturated heterocycles. The first-order valence-corrected chi connectivity index (χ1v) is 25.5. The maximum absolute atomic E-state index is 14.5. The fourth-order valence-corrected chi connectivity index (χ4v) is 9.24. The van der Waals surface area contributed by atoms with Crippen LogP contribution < -0.4 is 15.4 Å². The van der Waals surface area contributed by atoms with Gasteiger partial charge in [-0.2, -0.15) is 8.42 Å². The predicted molar refractivity (Wildman–Crippen MR) is 262 cm³/mol. The molecule has 1 fully saturated rings. The van der Waals surface area contributed by atoms with Crippen molar-refractivity contribution < 1.29 is 51.2 Å². The van der Waals surface area contributed by atoms with Crippen molar-refractivity contribution >= 4 is 39.3 Å². The van der Waals surface area contributed by atoms with Gasteiger partial charge in [0.2, 0.25) is 11.8 Å². The Labute approximate surface area is 412 Å². The van der Waals surface area contributed by atoms with E-state index in [1.54, 1.807) is 13.2 Å². The number of morpholine rings is 1. The number of aryl methyl sites for hydroxylation is 2. The van der Waals surface area contributed by atoms with E-state index < -0.39 is 63.8 Å². The van der Waals surface area contributed by atoms with Crippen LogP contribution in [0.3, 0.4) is 0 Å². The number of carbonyl (C=O) groups excluding carboxylic acids is 5. The van der Waals surface area contributed by atoms with Crippen molar-refractivity contribution in [1.29, 1.82) is 0 Å². The quantitative estimate of drug-likeness (QED) is 0.0620. The molecule has 3 aromatic carbocycles. The lowest BCUT2D eigenvalue weighted by molar-refractivity contribution is -0.143. The van der Waals surface area contributed by atoms with E-state index in [1.807, 2.05) is 93.3 Å². The van der Waals surface area contributed by atoms with Crippen molar-refractivity contribution in [1.82, 2.24) is 30.5 Å². The van der Waals surface area contributed by atoms with Crippen molar-refractivity contribution in [3.63, 3.8) is 0 Å². The zero-order valence-corrected chi connectivity index (χ0v) is 42.1. The van der Waals surface area contributed by atoms with Crippen LogP contribution in [0.15, 0.2) is 96.0 Å². The molecule has 18 heteroatoms. The molecular weight excluding hydrogens is 917 g/mol. The lowest BCUT2D eigenvalue weighted by atomic mass is 9.86. The Kier molecular flexibility index (Phi) is 20.9. The second-order valence-electron chi connectivity index (χ2n) is 19.3. The SMILES string of the molecule is CC(C)C[C@H](NC(=O)[C@H](CCc1ccccc1)CC(=O)CN1CCOCC1)C(=O)C[C@@H](Cc1ccccc1)C(=O)N[C@@H](CC(C)C)C(=O)C(C)(O)COS(=O)(=O)c1ccc(OCc2cn(C)nn2)cc1. The van der Waals surface area contributed by atoms with Crippen LogP contribution in [0.25, 0.3) is 0 Å². The Hall–Kier alpha value is -5.66. The summed E-state index contributed by atoms with van der Waals surface area (Å²) in [5.74, 6) is -3.95. The minimum absolute atomic E-state index is 0.00159. The molecule has 17 nitrogen and oxygen atoms in total. The van der Waals surface area contributed by atoms with E-state index in [0.29, 0.717) is 50.6 Å². The van der Waals surface area contributed by atoms with Gasteiger partial charge >= 0.3 is 0 Å². The number of aliphatic hydroxyl groups is 1. The van der Waals surface area contributed by atoms with Gasteiger partial charge in [0.1, 0.15) is 36.0 Å². The molecule has 1 aliphatic rings. The van der Waals surface area contributed by atoms with Gasteiger partial charge in [0, 0.05) is 44.8 Å². The fourth-order valence-electron chi connectivity index (χ4n) is 8.25. The van der Waals surface area contributed by atoms with Crippen LogP contribution in [0.2, 0.25) is 0 Å². The van der Waals surface area contributed by atoms with E-state index in [-0.39, 0.29) is 73.6 Å². The largest absolute Gasteiger partial charge is 0.487 e. The third kappa shape index (κ3) is 17.9. The van der Waals surface area contributed by atoms with E-state index in [4.69, 9.17) is 13.7 Å². The zero-order chi connectivity index (χ0) is 50.8. The number of carbonyl (C=O) groups is 5. The normalized spacial score (nSPS) is 15.9. The van der Waals surface area contributed by atoms with Gasteiger partial charge in [-0.15, -0.1) is 5.10 Å². The highest BCUT2D eigenvalue weighted by Crippen LogP contribution is 2.24. The maximum atomic E-state index is 14.5. The van der Waals surface area contributed by atoms with Crippen molar-refractivity contribution in [2.75, 3.05) is 39.5 Å². The van der Waals surface area contributed by atoms with Crippen molar-refractivity contribution in [3.8, 4) is 5.75 Å². The maximum Gasteiger partial charge on any atom is 0.297 e. The number of hydrogen-bond donors (Lipinski definition) is 3. The molecule has 0 aliphatic carbocycles. The Balaban J connectivity index is 1.29. The van der Waals surface area contributed by atoms with E-state index in [9.17, 15) is 37.5 Å². The van der Waals surface area contributed by atoms with Gasteiger partial charge in [0.05, 0.1) is 42.9 Å². The first-order chi connectivity index (χ1) is 33.3. The summed E-state index contributed by atoms with van der Waals surface area (Å²) in [4.78, 5) is 72.6. The molecule has 0 bridgehead atoms. The molecule has 2 heterocycles. The van der Waals surface area contributed by atoms with E-state index >= 15 is 0 Å². The molecule has 2 amide bonds. The molecule has 5 atom stereocenters. The van der Waals surface area contributed by atoms with Crippen LogP contribution in [0.4, 0.5) is 0 Å². The number of aromatic nitrogens is 3. The monoisotopic (exact) mass is 986 g/mol. The van der Waals surface area contributed by atoms with Crippen LogP contribution >= 0.6 is 0 Å². The number of nitrogens with one attached hydrogen (secondary N) is 2. The number of rotatable bonds is 29. The smallest absolute Gasteiger partial charge is 0.297 e. The third-order valence-electron chi connectivity index (χ3n) is 12.0. The zero-order valence-electron chi connectivity index (χ0n) is 41.3. The van der Waals surface area contributed by atoms with Crippen LogP contribution in [-0.4, -0.2) is 120 Å². The molecule has 1 unspecified atom stereocenters. The molecule has 3 N–H and O–H groups in total. The van der Waals surface area contributed by atoms with Gasteiger partial charge in [-0.25, -0.2) is 0 Å². The van der Waals surface area contributed by atoms with Crippen LogP contribution in [0, 0.1) is 23.7 Å². The number of ketones is 3. The number of amides is 2. The summed E-state index contributed by atoms with van der Waals surface area (Å²) in [5, 5.41) is 25.1. The molecule has 0 radical (unpaired) electrons. The minimum Gasteiger partial charge on any atom is -0.487 e. The Morgan fingerprint density at radius 3 is 1.99 bits per heavy atom. The molecule has 1 aromatic heterocycles. The topological polar surface area (TPSA) is 225 Å². The van der Waals surface area contributed by atoms with Gasteiger partial charge in [0.25, 0.3) is 10.1 Å². The number of Topliss-reactive ketones (excluding diaryl/α,β-unsaturated/α-hetero) is 3. The summed E-state index contributed by atoms with van der Waals surface area (Å²) < 4.78 is 44.4. The average Bonchev–Trinajstić information content (AvgIpc) is 3.76. The Morgan fingerprint density at radius 2 is 1.39 bits per heavy atom. The number of ether oxygens (including phenoxy) is 2. The summed E-state index contributed by atoms with van der Waals surface area (Å²) in [5.41, 5.74) is -0.0368. The lowest BCUT2D eigenvalue weighted by Gasteiger charge is -2.30. The number of hydrogen-bond acceptors (Lipinski definition) is 14. The second-order valence-corrected chi connectivity index (χ2v) is 20.9. The van der Waals surface area contributed by atoms with E-state index in [1.165, 1.54) is 28.9 Å². The minimum atomic E-state index is -4.47. The molecular formula is C52H70N6O11S. The molecule has 380 valence electrons. The van der Waals surface area contributed by atoms with Gasteiger partial charge in [-0.3, -0.25) is 37.7 Å². The second kappa shape index (κ2) is 26.5. The lowest BCUT2D eigenvalue weighted by Crippen LogP contribution is -2.54. The van der Waals surface area contributed by atoms with E-state index in [2.05, 4.69) is 20.9 Å². The summed E-state index contributed by atoms with van der Waals surface area (Å²) in [6, 6.07) is 21.9. The number of nitrogens with zero attached hydrogens (tertiary/aromatic N) is 4. The first kappa shape index (κ1) is 55.3. The molecule has 0 saturated carbocycles. The molecule has 0 spiro atoms. The molecule has 4 aromatic rings. The van der Waals surface area contributed by atoms with Gasteiger partial charge < -0.3 is 25.2 Å². The summed E-state index contributed by atoms with van der Waals surface area (Å²) in [7, 11) is -2.75. The molecule has 70 heavy (non-hydrogen) atoms. The molecule has 1 aliphatic heterocycles. The van der Waals surface area contributed by atoms with Crippen LogP contribution in [0.1, 0.15) is 83.5 Å². The summed E-state index contributed by atoms with van der Waals surface area (Å²) >= 11 is 0. The average molecular weight is 987 g/mol. The summed E-state index contributed by atoms with van der Waals surface area (Å²) in [6.45, 7) is 10.3. The first-order valence-electron chi connectivity index (χ1n) is 24.0. The van der Waals surface area contributed by atoms with Crippen LogP contribution in [0.5, 0.6) is 5.75 Å². The highest BCUT2D eigenvalue weighted by atomic mass is 32.2. The number of benzene rings is 3. The standard InChI is InChI=1S/C52H70N6O11S/c1-36(2)27-46(53-50(62)40(18-17-38-13-9-7-10-14-38)30-43(59)33-58-23-25-67-26-24-58)48(60)31-41(29-39-15-11-8-12-16-39)51(63)54-47(28-37(3)4)49(61)52(5,64)35-69-70(65,66)45-21-19-44(20-22-45)68-34-42-32-57(6)56-55-42/h7-16,19-22,32,36-37,40-41,46-47,64H,17-18,23-31,33-35H2,1-6H3,(H,53,62)(H,54,63)/t40-,41-,46+,47+,52?/m1/s1. The molecule has 5 rings (SSSR count). The Morgan fingerprint density at radius 1 is 0.800 bits per heavy atom. The van der Waals surface area contributed by atoms with Crippen molar-refractivity contribution in [3.05, 3.63) is 108 Å². The van der Waals surface area contributed by atoms with Crippen molar-refractivity contribution in [2.45, 2.75) is 109 Å². The van der Waals surface area contributed by atoms with E-state index in [0.717, 1.165) is 18.1 Å². The highest BCUT2D eigenvalue weighted by Gasteiger charge is 2.40. The summed E-state index contributed by atoms with van der Waals surface area (Å²) in [6.07, 6.45) is 2.78. The van der Waals surface area contributed by atoms with Crippen molar-refractivity contribution in [2.24, 2.45) is 30.7 Å². The highest BCUT2D eigenvalue weighted by molar-refractivity contribution is 7.86. The predicted octanol–water partition coefficient (Wildman–Crippen LogP) is 4.84. The third-order valence-corrected chi connectivity index (χ3v) is 13.3. The van der Waals surface area contributed by atoms with Gasteiger partial charge in [-0.05, 0) is 86.3 Å².